The summed E-state index contributed by atoms with van der Waals surface area (Å²) in [7, 11) is 2.05. The summed E-state index contributed by atoms with van der Waals surface area (Å²) in [6.07, 6.45) is 2.33. The van der Waals surface area contributed by atoms with Crippen LogP contribution in [-0.2, 0) is 6.42 Å². The average molecular weight is 247 g/mol. The second-order valence-electron chi connectivity index (χ2n) is 6.95. The maximum atomic E-state index is 3.44. The molecule has 1 heteroatoms. The Morgan fingerprint density at radius 1 is 1.06 bits per heavy atom. The SMILES string of the molecule is CNC(CC(C)(C)C)c1ccc(CC(C)C)cc1. The minimum absolute atomic E-state index is 0.351. The van der Waals surface area contributed by atoms with Gasteiger partial charge in [0.1, 0.15) is 0 Å². The predicted molar refractivity (Wildman–Crippen MR) is 80.9 cm³/mol. The first-order chi connectivity index (χ1) is 8.31. The molecule has 0 heterocycles. The smallest absolute Gasteiger partial charge is 0.0322 e. The molecule has 0 spiro atoms. The van der Waals surface area contributed by atoms with Crippen LogP contribution in [-0.4, -0.2) is 7.05 Å². The van der Waals surface area contributed by atoms with Crippen LogP contribution in [0.2, 0.25) is 0 Å². The Bertz CT molecular complexity index is 343. The molecule has 0 aliphatic carbocycles. The molecule has 1 rings (SSSR count). The third-order valence-electron chi connectivity index (χ3n) is 3.19. The van der Waals surface area contributed by atoms with Gasteiger partial charge in [-0.05, 0) is 42.3 Å². The van der Waals surface area contributed by atoms with Crippen molar-refractivity contribution < 1.29 is 0 Å². The first kappa shape index (κ1) is 15.2. The molecule has 18 heavy (non-hydrogen) atoms. The summed E-state index contributed by atoms with van der Waals surface area (Å²) in [5.74, 6) is 0.727. The van der Waals surface area contributed by atoms with Crippen LogP contribution in [0.25, 0.3) is 0 Å². The van der Waals surface area contributed by atoms with Crippen molar-refractivity contribution >= 4 is 0 Å². The zero-order valence-corrected chi connectivity index (χ0v) is 12.9. The Balaban J connectivity index is 2.75. The van der Waals surface area contributed by atoms with Crippen molar-refractivity contribution in [3.8, 4) is 0 Å². The molecule has 0 radical (unpaired) electrons. The van der Waals surface area contributed by atoms with E-state index in [9.17, 15) is 0 Å². The molecule has 0 aliphatic heterocycles. The highest BCUT2D eigenvalue weighted by molar-refractivity contribution is 5.25. The van der Waals surface area contributed by atoms with E-state index in [1.165, 1.54) is 17.5 Å². The first-order valence-corrected chi connectivity index (χ1v) is 7.08. The Hall–Kier alpha value is -0.820. The molecule has 0 fully saturated rings. The van der Waals surface area contributed by atoms with Crippen LogP contribution in [0.3, 0.4) is 0 Å². The van der Waals surface area contributed by atoms with Gasteiger partial charge in [-0.2, -0.15) is 0 Å². The van der Waals surface area contributed by atoms with Crippen molar-refractivity contribution in [1.29, 1.82) is 0 Å². The van der Waals surface area contributed by atoms with E-state index in [1.54, 1.807) is 0 Å². The van der Waals surface area contributed by atoms with Crippen LogP contribution in [0.4, 0.5) is 0 Å². The highest BCUT2D eigenvalue weighted by Crippen LogP contribution is 2.29. The average Bonchev–Trinajstić information content (AvgIpc) is 2.25. The van der Waals surface area contributed by atoms with E-state index in [-0.39, 0.29) is 0 Å². The molecular weight excluding hydrogens is 218 g/mol. The summed E-state index contributed by atoms with van der Waals surface area (Å²) in [6.45, 7) is 11.4. The van der Waals surface area contributed by atoms with E-state index in [0.717, 1.165) is 12.3 Å². The topological polar surface area (TPSA) is 12.0 Å². The van der Waals surface area contributed by atoms with Gasteiger partial charge in [0.25, 0.3) is 0 Å². The van der Waals surface area contributed by atoms with Crippen LogP contribution in [0.1, 0.15) is 58.2 Å². The zero-order valence-electron chi connectivity index (χ0n) is 12.9. The molecular formula is C17H29N. The molecule has 0 saturated carbocycles. The lowest BCUT2D eigenvalue weighted by molar-refractivity contribution is 0.321. The van der Waals surface area contributed by atoms with Crippen molar-refractivity contribution in [2.75, 3.05) is 7.05 Å². The second-order valence-corrected chi connectivity index (χ2v) is 6.95. The van der Waals surface area contributed by atoms with Gasteiger partial charge in [0, 0.05) is 6.04 Å². The molecule has 1 atom stereocenters. The molecule has 1 nitrogen and oxygen atoms in total. The Morgan fingerprint density at radius 3 is 2.00 bits per heavy atom. The van der Waals surface area contributed by atoms with Crippen LogP contribution in [0, 0.1) is 11.3 Å². The van der Waals surface area contributed by atoms with Gasteiger partial charge in [0.05, 0.1) is 0 Å². The van der Waals surface area contributed by atoms with Crippen molar-refractivity contribution in [3.05, 3.63) is 35.4 Å². The van der Waals surface area contributed by atoms with Gasteiger partial charge in [0.15, 0.2) is 0 Å². The van der Waals surface area contributed by atoms with E-state index in [2.05, 4.69) is 71.2 Å². The van der Waals surface area contributed by atoms with E-state index in [1.807, 2.05) is 0 Å². The number of hydrogen-bond acceptors (Lipinski definition) is 1. The Labute approximate surface area is 113 Å². The fourth-order valence-corrected chi connectivity index (χ4v) is 2.36. The second kappa shape index (κ2) is 6.38. The minimum Gasteiger partial charge on any atom is -0.313 e. The van der Waals surface area contributed by atoms with Crippen LogP contribution < -0.4 is 5.32 Å². The highest BCUT2D eigenvalue weighted by Gasteiger charge is 2.18. The van der Waals surface area contributed by atoms with Gasteiger partial charge in [-0.25, -0.2) is 0 Å². The molecule has 1 unspecified atom stereocenters. The molecule has 1 aromatic carbocycles. The molecule has 1 N–H and O–H groups in total. The maximum Gasteiger partial charge on any atom is 0.0322 e. The van der Waals surface area contributed by atoms with Crippen molar-refractivity contribution in [2.45, 2.75) is 53.5 Å². The van der Waals surface area contributed by atoms with E-state index >= 15 is 0 Å². The third-order valence-corrected chi connectivity index (χ3v) is 3.19. The van der Waals surface area contributed by atoms with E-state index in [0.29, 0.717) is 11.5 Å². The molecule has 0 saturated heterocycles. The van der Waals surface area contributed by atoms with Crippen molar-refractivity contribution in [1.82, 2.24) is 5.32 Å². The van der Waals surface area contributed by atoms with Crippen LogP contribution in [0.5, 0.6) is 0 Å². The number of rotatable bonds is 5. The lowest BCUT2D eigenvalue weighted by atomic mass is 9.85. The highest BCUT2D eigenvalue weighted by atomic mass is 14.9. The molecule has 0 amide bonds. The summed E-state index contributed by atoms with van der Waals surface area (Å²) < 4.78 is 0. The molecule has 102 valence electrons. The molecule has 0 aromatic heterocycles. The largest absolute Gasteiger partial charge is 0.313 e. The van der Waals surface area contributed by atoms with Gasteiger partial charge in [-0.15, -0.1) is 0 Å². The number of hydrogen-bond donors (Lipinski definition) is 1. The van der Waals surface area contributed by atoms with Crippen LogP contribution in [0.15, 0.2) is 24.3 Å². The Kier molecular flexibility index (Phi) is 5.40. The third kappa shape index (κ3) is 5.22. The number of benzene rings is 1. The fraction of sp³-hybridized carbons (Fsp3) is 0.647. The fourth-order valence-electron chi connectivity index (χ4n) is 2.36. The Morgan fingerprint density at radius 2 is 1.61 bits per heavy atom. The first-order valence-electron chi connectivity index (χ1n) is 7.08. The summed E-state index contributed by atoms with van der Waals surface area (Å²) in [5.41, 5.74) is 3.20. The van der Waals surface area contributed by atoms with E-state index < -0.39 is 0 Å². The lowest BCUT2D eigenvalue weighted by Gasteiger charge is -2.26. The minimum atomic E-state index is 0.351. The zero-order chi connectivity index (χ0) is 13.8. The lowest BCUT2D eigenvalue weighted by Crippen LogP contribution is -2.22. The van der Waals surface area contributed by atoms with E-state index in [4.69, 9.17) is 0 Å². The molecule has 0 aliphatic rings. The molecule has 1 aromatic rings. The summed E-state index contributed by atoms with van der Waals surface area (Å²) >= 11 is 0. The monoisotopic (exact) mass is 247 g/mol. The van der Waals surface area contributed by atoms with Gasteiger partial charge >= 0.3 is 0 Å². The van der Waals surface area contributed by atoms with Gasteiger partial charge in [-0.3, -0.25) is 0 Å². The van der Waals surface area contributed by atoms with Crippen molar-refractivity contribution in [2.24, 2.45) is 11.3 Å². The normalized spacial score (nSPS) is 13.9. The van der Waals surface area contributed by atoms with Gasteiger partial charge in [-0.1, -0.05) is 58.9 Å². The standard InChI is InChI=1S/C17H29N/c1-13(2)11-14-7-9-15(10-8-14)16(18-6)12-17(3,4)5/h7-10,13,16,18H,11-12H2,1-6H3. The maximum absolute atomic E-state index is 3.44. The van der Waals surface area contributed by atoms with Crippen molar-refractivity contribution in [3.63, 3.8) is 0 Å². The van der Waals surface area contributed by atoms with Gasteiger partial charge in [0.2, 0.25) is 0 Å². The number of nitrogens with one attached hydrogen (secondary N) is 1. The van der Waals surface area contributed by atoms with Crippen LogP contribution >= 0.6 is 0 Å². The quantitative estimate of drug-likeness (QED) is 0.803. The predicted octanol–water partition coefficient (Wildman–Crippen LogP) is 4.58. The summed E-state index contributed by atoms with van der Waals surface area (Å²) in [4.78, 5) is 0. The molecule has 0 bridgehead atoms. The summed E-state index contributed by atoms with van der Waals surface area (Å²) in [5, 5.41) is 3.44. The van der Waals surface area contributed by atoms with Gasteiger partial charge < -0.3 is 5.32 Å². The summed E-state index contributed by atoms with van der Waals surface area (Å²) in [6, 6.07) is 9.58.